The van der Waals surface area contributed by atoms with Gasteiger partial charge in [-0.1, -0.05) is 13.8 Å². The van der Waals surface area contributed by atoms with Crippen molar-refractivity contribution in [3.05, 3.63) is 30.1 Å². The molecule has 1 aliphatic rings. The van der Waals surface area contributed by atoms with Crippen LogP contribution in [0.15, 0.2) is 24.3 Å². The van der Waals surface area contributed by atoms with E-state index < -0.39 is 5.54 Å². The topological polar surface area (TPSA) is 58.6 Å². The number of nitrogens with one attached hydrogen (secondary N) is 1. The minimum Gasteiger partial charge on any atom is -0.492 e. The fraction of sp³-hybridized carbons (Fsp3) is 0.529. The molecule has 1 fully saturated rings. The molecule has 1 heterocycles. The second-order valence-electron chi connectivity index (χ2n) is 6.45. The van der Waals surface area contributed by atoms with E-state index in [9.17, 15) is 14.0 Å². The van der Waals surface area contributed by atoms with Gasteiger partial charge in [0.2, 0.25) is 0 Å². The Balaban J connectivity index is 1.88. The van der Waals surface area contributed by atoms with E-state index in [-0.39, 0.29) is 30.9 Å². The van der Waals surface area contributed by atoms with Crippen molar-refractivity contribution in [2.24, 2.45) is 5.92 Å². The van der Waals surface area contributed by atoms with E-state index in [0.29, 0.717) is 18.1 Å². The Morgan fingerprint density at radius 2 is 1.91 bits per heavy atom. The van der Waals surface area contributed by atoms with E-state index in [2.05, 4.69) is 19.2 Å². The van der Waals surface area contributed by atoms with Crippen molar-refractivity contribution in [2.45, 2.75) is 39.2 Å². The SMILES string of the molecule is CC(C)CC[C@]1(C)NC(=O)N(CCOc2ccc(F)cc2)C1=O. The largest absolute Gasteiger partial charge is 0.492 e. The van der Waals surface area contributed by atoms with Crippen LogP contribution in [0.1, 0.15) is 33.6 Å². The lowest BCUT2D eigenvalue weighted by molar-refractivity contribution is -0.131. The Morgan fingerprint density at radius 3 is 2.52 bits per heavy atom. The van der Waals surface area contributed by atoms with E-state index in [0.717, 1.165) is 6.42 Å². The predicted molar refractivity (Wildman–Crippen MR) is 84.6 cm³/mol. The summed E-state index contributed by atoms with van der Waals surface area (Å²) in [4.78, 5) is 25.7. The zero-order valence-corrected chi connectivity index (χ0v) is 13.8. The van der Waals surface area contributed by atoms with Crippen molar-refractivity contribution >= 4 is 11.9 Å². The summed E-state index contributed by atoms with van der Waals surface area (Å²) in [7, 11) is 0. The van der Waals surface area contributed by atoms with Crippen molar-refractivity contribution in [3.8, 4) is 5.75 Å². The number of urea groups is 1. The van der Waals surface area contributed by atoms with Gasteiger partial charge in [-0.25, -0.2) is 9.18 Å². The highest BCUT2D eigenvalue weighted by Crippen LogP contribution is 2.24. The number of hydrogen-bond donors (Lipinski definition) is 1. The molecule has 1 saturated heterocycles. The molecule has 0 aromatic heterocycles. The van der Waals surface area contributed by atoms with Gasteiger partial charge in [-0.15, -0.1) is 0 Å². The third-order valence-corrected chi connectivity index (χ3v) is 3.96. The van der Waals surface area contributed by atoms with E-state index in [1.54, 1.807) is 6.92 Å². The highest BCUT2D eigenvalue weighted by atomic mass is 19.1. The number of carbonyl (C=O) groups is 2. The van der Waals surface area contributed by atoms with Crippen LogP contribution in [0.5, 0.6) is 5.75 Å². The summed E-state index contributed by atoms with van der Waals surface area (Å²) in [6, 6.07) is 5.23. The van der Waals surface area contributed by atoms with Crippen molar-refractivity contribution < 1.29 is 18.7 Å². The van der Waals surface area contributed by atoms with Crippen LogP contribution in [0.25, 0.3) is 0 Å². The fourth-order valence-corrected chi connectivity index (χ4v) is 2.48. The van der Waals surface area contributed by atoms with Crippen molar-refractivity contribution in [1.29, 1.82) is 0 Å². The summed E-state index contributed by atoms with van der Waals surface area (Å²) < 4.78 is 18.3. The zero-order valence-electron chi connectivity index (χ0n) is 13.8. The van der Waals surface area contributed by atoms with Gasteiger partial charge in [0.05, 0.1) is 6.54 Å². The smallest absolute Gasteiger partial charge is 0.325 e. The normalized spacial score (nSPS) is 21.0. The van der Waals surface area contributed by atoms with Crippen LogP contribution < -0.4 is 10.1 Å². The second-order valence-corrected chi connectivity index (χ2v) is 6.45. The Labute approximate surface area is 135 Å². The van der Waals surface area contributed by atoms with E-state index in [4.69, 9.17) is 4.74 Å². The van der Waals surface area contributed by atoms with Crippen molar-refractivity contribution in [2.75, 3.05) is 13.2 Å². The van der Waals surface area contributed by atoms with Crippen LogP contribution in [0.3, 0.4) is 0 Å². The molecule has 0 radical (unpaired) electrons. The number of rotatable bonds is 7. The first-order valence-electron chi connectivity index (χ1n) is 7.84. The van der Waals surface area contributed by atoms with Crippen LogP contribution in [-0.2, 0) is 4.79 Å². The number of nitrogens with zero attached hydrogens (tertiary/aromatic N) is 1. The van der Waals surface area contributed by atoms with Gasteiger partial charge in [-0.3, -0.25) is 9.69 Å². The molecule has 1 N–H and O–H groups in total. The summed E-state index contributed by atoms with van der Waals surface area (Å²) >= 11 is 0. The second kappa shape index (κ2) is 6.98. The molecule has 0 saturated carbocycles. The van der Waals surface area contributed by atoms with Crippen molar-refractivity contribution in [3.63, 3.8) is 0 Å². The first-order valence-corrected chi connectivity index (χ1v) is 7.84. The quantitative estimate of drug-likeness (QED) is 0.785. The van der Waals surface area contributed by atoms with Gasteiger partial charge < -0.3 is 10.1 Å². The van der Waals surface area contributed by atoms with E-state index in [1.165, 1.54) is 29.2 Å². The molecule has 1 aromatic rings. The molecule has 23 heavy (non-hydrogen) atoms. The van der Waals surface area contributed by atoms with Gasteiger partial charge in [0.15, 0.2) is 0 Å². The van der Waals surface area contributed by atoms with Gasteiger partial charge in [-0.05, 0) is 49.9 Å². The minimum absolute atomic E-state index is 0.166. The molecule has 1 aromatic carbocycles. The van der Waals surface area contributed by atoms with Gasteiger partial charge in [-0.2, -0.15) is 0 Å². The lowest BCUT2D eigenvalue weighted by Crippen LogP contribution is -2.44. The number of benzene rings is 1. The monoisotopic (exact) mass is 322 g/mol. The maximum atomic E-state index is 12.8. The molecule has 0 spiro atoms. The van der Waals surface area contributed by atoms with E-state index >= 15 is 0 Å². The average molecular weight is 322 g/mol. The summed E-state index contributed by atoms with van der Waals surface area (Å²) in [6.45, 7) is 6.26. The van der Waals surface area contributed by atoms with Crippen LogP contribution >= 0.6 is 0 Å². The number of amides is 3. The number of imide groups is 1. The molecule has 1 atom stereocenters. The third kappa shape index (κ3) is 4.21. The molecule has 3 amide bonds. The fourth-order valence-electron chi connectivity index (χ4n) is 2.48. The Morgan fingerprint density at radius 1 is 1.26 bits per heavy atom. The molecule has 0 bridgehead atoms. The number of ether oxygens (including phenoxy) is 1. The lowest BCUT2D eigenvalue weighted by Gasteiger charge is -2.22. The van der Waals surface area contributed by atoms with Crippen LogP contribution in [0.4, 0.5) is 9.18 Å². The highest BCUT2D eigenvalue weighted by Gasteiger charge is 2.47. The zero-order chi connectivity index (χ0) is 17.0. The number of hydrogen-bond acceptors (Lipinski definition) is 3. The molecule has 2 rings (SSSR count). The molecule has 126 valence electrons. The highest BCUT2D eigenvalue weighted by molar-refractivity contribution is 6.06. The molecular weight excluding hydrogens is 299 g/mol. The van der Waals surface area contributed by atoms with Gasteiger partial charge in [0, 0.05) is 0 Å². The summed E-state index contributed by atoms with van der Waals surface area (Å²) in [5, 5.41) is 2.77. The van der Waals surface area contributed by atoms with Crippen LogP contribution in [0, 0.1) is 11.7 Å². The average Bonchev–Trinajstić information content (AvgIpc) is 2.71. The molecule has 1 aliphatic heterocycles. The lowest BCUT2D eigenvalue weighted by atomic mass is 9.92. The molecule has 0 aliphatic carbocycles. The number of carbonyl (C=O) groups excluding carboxylic acids is 2. The standard InChI is InChI=1S/C17H23FN2O3/c1-12(2)8-9-17(3)15(21)20(16(22)19-17)10-11-23-14-6-4-13(18)5-7-14/h4-7,12H,8-11H2,1-3H3,(H,19,22)/t17-/m0/s1. The summed E-state index contributed by atoms with van der Waals surface area (Å²) in [5.41, 5.74) is -0.836. The molecular formula is C17H23FN2O3. The predicted octanol–water partition coefficient (Wildman–Crippen LogP) is 2.95. The Bertz CT molecular complexity index is 574. The number of halogens is 1. The van der Waals surface area contributed by atoms with Gasteiger partial charge in [0.1, 0.15) is 23.7 Å². The Hall–Kier alpha value is -2.11. The van der Waals surface area contributed by atoms with Crippen molar-refractivity contribution in [1.82, 2.24) is 10.2 Å². The third-order valence-electron chi connectivity index (χ3n) is 3.96. The first-order chi connectivity index (χ1) is 10.8. The van der Waals surface area contributed by atoms with E-state index in [1.807, 2.05) is 0 Å². The molecule has 0 unspecified atom stereocenters. The first kappa shape index (κ1) is 17.2. The van der Waals surface area contributed by atoms with Crippen LogP contribution in [0.2, 0.25) is 0 Å². The Kier molecular flexibility index (Phi) is 5.23. The minimum atomic E-state index is -0.836. The van der Waals surface area contributed by atoms with Crippen LogP contribution in [-0.4, -0.2) is 35.5 Å². The maximum absolute atomic E-state index is 12.8. The van der Waals surface area contributed by atoms with Gasteiger partial charge >= 0.3 is 6.03 Å². The summed E-state index contributed by atoms with van der Waals surface area (Å²) in [5.74, 6) is 0.409. The molecule has 6 heteroatoms. The van der Waals surface area contributed by atoms with Gasteiger partial charge in [0.25, 0.3) is 5.91 Å². The maximum Gasteiger partial charge on any atom is 0.325 e. The molecule has 5 nitrogen and oxygen atoms in total. The summed E-state index contributed by atoms with van der Waals surface area (Å²) in [6.07, 6.45) is 1.48.